The van der Waals surface area contributed by atoms with Crippen LogP contribution in [0.4, 0.5) is 5.69 Å². The lowest BCUT2D eigenvalue weighted by molar-refractivity contribution is -0.384. The molecule has 15 nitrogen and oxygen atoms in total. The van der Waals surface area contributed by atoms with E-state index in [1.165, 1.54) is 0 Å². The van der Waals surface area contributed by atoms with Crippen LogP contribution in [0.25, 0.3) is 22.5 Å². The second-order valence-corrected chi connectivity index (χ2v) is 15.7. The van der Waals surface area contributed by atoms with Gasteiger partial charge in [0.15, 0.2) is 11.6 Å². The molecule has 0 radical (unpaired) electrons. The number of nitrogens with zero attached hydrogens (tertiary/aromatic N) is 7. The number of ketones is 2. The van der Waals surface area contributed by atoms with Gasteiger partial charge in [-0.2, -0.15) is 18.6 Å². The molecular weight excluding hydrogens is 811 g/mol. The van der Waals surface area contributed by atoms with Gasteiger partial charge in [-0.15, -0.1) is 0 Å². The molecule has 0 aliphatic rings. The van der Waals surface area contributed by atoms with E-state index >= 15 is 0 Å². The number of rotatable bonds is 18. The minimum Gasteiger partial charge on any atom is -0.385 e. The van der Waals surface area contributed by atoms with Crippen LogP contribution in [0, 0.1) is 10.1 Å². The van der Waals surface area contributed by atoms with Crippen molar-refractivity contribution in [2.45, 2.75) is 69.7 Å². The number of aryl methyl sites for hydroxylation is 2. The van der Waals surface area contributed by atoms with E-state index < -0.39 is 33.0 Å². The molecule has 7 aromatic rings. The fourth-order valence-corrected chi connectivity index (χ4v) is 7.64. The highest BCUT2D eigenvalue weighted by Gasteiger charge is 2.29. The second-order valence-electron chi connectivity index (χ2n) is 14.1. The summed E-state index contributed by atoms with van der Waals surface area (Å²) < 4.78 is 35.0. The Morgan fingerprint density at radius 2 is 1.13 bits per heavy atom. The molecule has 2 atom stereocenters. The van der Waals surface area contributed by atoms with Gasteiger partial charge in [-0.3, -0.25) is 43.2 Å². The summed E-state index contributed by atoms with van der Waals surface area (Å²) in [5.41, 5.74) is 6.13. The molecular formula is C46H45N7O8S. The number of carbonyl (C=O) groups is 2. The van der Waals surface area contributed by atoms with Crippen molar-refractivity contribution in [1.82, 2.24) is 29.5 Å². The first-order valence-corrected chi connectivity index (χ1v) is 21.3. The zero-order valence-electron chi connectivity index (χ0n) is 34.1. The highest BCUT2D eigenvalue weighted by atomic mass is 32.2. The van der Waals surface area contributed by atoms with E-state index in [9.17, 15) is 33.2 Å². The molecule has 1 N–H and O–H groups in total. The number of pyridine rings is 2. The largest absolute Gasteiger partial charge is 0.385 e. The minimum atomic E-state index is -4.39. The Morgan fingerprint density at radius 1 is 0.677 bits per heavy atom. The van der Waals surface area contributed by atoms with Crippen LogP contribution in [0.3, 0.4) is 0 Å². The molecule has 0 fully saturated rings. The maximum atomic E-state index is 13.5. The predicted molar refractivity (Wildman–Crippen MR) is 231 cm³/mol. The maximum Gasteiger partial charge on any atom is 0.297 e. The third-order valence-electron chi connectivity index (χ3n) is 9.83. The van der Waals surface area contributed by atoms with Gasteiger partial charge >= 0.3 is 0 Å². The molecule has 0 amide bonds. The van der Waals surface area contributed by atoms with E-state index in [2.05, 4.69) is 20.2 Å². The van der Waals surface area contributed by atoms with E-state index in [1.807, 2.05) is 85.3 Å². The van der Waals surface area contributed by atoms with Gasteiger partial charge in [0.2, 0.25) is 0 Å². The standard InChI is InChI=1S/C26H24N4O6S.C20H21N3O2/c1-2-29-22(17-24(28-29)20-12-14-27-15-13-20)18-25(31)26(16-19-6-4-3-5-7-19)36-37(34,35)23-10-8-21(9-11-23)30(32)33;1-2-23-17(13-18(22-23)16-8-10-21-11-9-16)14-20(25)19(24)12-15-6-4-3-5-7-15/h3-15,17,26H,2,16,18H2,1H3;3-11,13,19,24H,2,12,14H2,1H3/t26-;19-/m11/s1. The van der Waals surface area contributed by atoms with Gasteiger partial charge in [-0.05, 0) is 73.5 Å². The van der Waals surface area contributed by atoms with Crippen LogP contribution in [0.2, 0.25) is 0 Å². The normalized spacial score (nSPS) is 12.2. The molecule has 3 aromatic carbocycles. The van der Waals surface area contributed by atoms with Crippen molar-refractivity contribution in [3.05, 3.63) is 179 Å². The van der Waals surface area contributed by atoms with Gasteiger partial charge in [0.1, 0.15) is 12.2 Å². The van der Waals surface area contributed by atoms with Gasteiger partial charge in [0, 0.05) is 85.4 Å². The van der Waals surface area contributed by atoms with E-state index in [0.29, 0.717) is 30.9 Å². The average molecular weight is 856 g/mol. The van der Waals surface area contributed by atoms with Crippen LogP contribution in [-0.2, 0) is 62.7 Å². The molecule has 0 aliphatic carbocycles. The fraction of sp³-hybridized carbons (Fsp3) is 0.217. The molecule has 0 saturated carbocycles. The number of aromatic nitrogens is 6. The average Bonchev–Trinajstić information content (AvgIpc) is 3.91. The highest BCUT2D eigenvalue weighted by Crippen LogP contribution is 2.24. The first kappa shape index (κ1) is 44.5. The van der Waals surface area contributed by atoms with Crippen molar-refractivity contribution in [2.24, 2.45) is 0 Å². The van der Waals surface area contributed by atoms with E-state index in [4.69, 9.17) is 4.18 Å². The Bertz CT molecular complexity index is 2680. The summed E-state index contributed by atoms with van der Waals surface area (Å²) in [5.74, 6) is -0.634. The Labute approximate surface area is 359 Å². The van der Waals surface area contributed by atoms with E-state index in [-0.39, 0.29) is 35.6 Å². The van der Waals surface area contributed by atoms with Crippen LogP contribution in [0.15, 0.2) is 151 Å². The number of aliphatic hydroxyl groups excluding tert-OH is 1. The maximum absolute atomic E-state index is 13.5. The Hall–Kier alpha value is -7.01. The van der Waals surface area contributed by atoms with Gasteiger partial charge in [-0.1, -0.05) is 60.7 Å². The zero-order valence-corrected chi connectivity index (χ0v) is 34.9. The van der Waals surface area contributed by atoms with Crippen LogP contribution in [-0.4, -0.2) is 71.8 Å². The molecule has 0 spiro atoms. The molecule has 16 heteroatoms. The van der Waals surface area contributed by atoms with Gasteiger partial charge in [0.25, 0.3) is 15.8 Å². The second kappa shape index (κ2) is 21.0. The minimum absolute atomic E-state index is 0.0311. The van der Waals surface area contributed by atoms with Crippen molar-refractivity contribution in [3.8, 4) is 22.5 Å². The third-order valence-corrected chi connectivity index (χ3v) is 11.2. The molecule has 0 saturated heterocycles. The Kier molecular flexibility index (Phi) is 15.1. The summed E-state index contributed by atoms with van der Waals surface area (Å²) in [6.45, 7) is 5.06. The quantitative estimate of drug-likeness (QED) is 0.0546. The summed E-state index contributed by atoms with van der Waals surface area (Å²) >= 11 is 0. The lowest BCUT2D eigenvalue weighted by atomic mass is 10.0. The third kappa shape index (κ3) is 11.8. The number of nitro benzene ring substituents is 1. The number of carbonyl (C=O) groups excluding carboxylic acids is 2. The van der Waals surface area contributed by atoms with Gasteiger partial charge in [-0.25, -0.2) is 0 Å². The molecule has 0 aliphatic heterocycles. The fourth-order valence-electron chi connectivity index (χ4n) is 6.58. The van der Waals surface area contributed by atoms with Crippen molar-refractivity contribution in [3.63, 3.8) is 0 Å². The van der Waals surface area contributed by atoms with Gasteiger partial charge < -0.3 is 5.11 Å². The Morgan fingerprint density at radius 3 is 1.58 bits per heavy atom. The topological polar surface area (TPSA) is 202 Å². The lowest BCUT2D eigenvalue weighted by Gasteiger charge is -2.17. The summed E-state index contributed by atoms with van der Waals surface area (Å²) in [5, 5.41) is 30.3. The van der Waals surface area contributed by atoms with Crippen LogP contribution >= 0.6 is 0 Å². The van der Waals surface area contributed by atoms with Crippen LogP contribution in [0.1, 0.15) is 36.4 Å². The molecule has 0 unspecified atom stereocenters. The summed E-state index contributed by atoms with van der Waals surface area (Å²) in [7, 11) is -4.39. The molecule has 4 heterocycles. The monoisotopic (exact) mass is 855 g/mol. The molecule has 4 aromatic heterocycles. The van der Waals surface area contributed by atoms with E-state index in [0.717, 1.165) is 57.9 Å². The molecule has 0 bridgehead atoms. The van der Waals surface area contributed by atoms with E-state index in [1.54, 1.807) is 59.8 Å². The highest BCUT2D eigenvalue weighted by molar-refractivity contribution is 7.86. The van der Waals surface area contributed by atoms with Crippen LogP contribution < -0.4 is 0 Å². The predicted octanol–water partition coefficient (Wildman–Crippen LogP) is 6.68. The number of aliphatic hydroxyl groups is 1. The van der Waals surface area contributed by atoms with Gasteiger partial charge in [0.05, 0.1) is 34.0 Å². The smallest absolute Gasteiger partial charge is 0.297 e. The first-order chi connectivity index (χ1) is 29.9. The van der Waals surface area contributed by atoms with Crippen molar-refractivity contribution in [2.75, 3.05) is 0 Å². The summed E-state index contributed by atoms with van der Waals surface area (Å²) in [6, 6.07) is 33.9. The SMILES string of the molecule is CCn1nc(-c2ccncc2)cc1CC(=O)[C@@H](Cc1ccccc1)OS(=O)(=O)c1ccc([N+](=O)[O-])cc1.CCn1nc(-c2ccncc2)cc1CC(=O)[C@H](O)Cc1ccccc1. The van der Waals surface area contributed by atoms with Crippen LogP contribution in [0.5, 0.6) is 0 Å². The summed E-state index contributed by atoms with van der Waals surface area (Å²) in [4.78, 5) is 43.9. The number of benzene rings is 3. The number of hydrogen-bond donors (Lipinski definition) is 1. The van der Waals surface area contributed by atoms with Crippen molar-refractivity contribution >= 4 is 27.4 Å². The van der Waals surface area contributed by atoms with Crippen molar-refractivity contribution in [1.29, 1.82) is 0 Å². The molecule has 318 valence electrons. The zero-order chi connectivity index (χ0) is 44.1. The number of hydrogen-bond acceptors (Lipinski definition) is 12. The number of nitro groups is 1. The number of non-ortho nitro benzene ring substituents is 1. The van der Waals surface area contributed by atoms with Crippen molar-refractivity contribution < 1.29 is 32.2 Å². The first-order valence-electron chi connectivity index (χ1n) is 19.9. The Balaban J connectivity index is 0.000000223. The lowest BCUT2D eigenvalue weighted by Crippen LogP contribution is -2.31. The molecule has 62 heavy (non-hydrogen) atoms. The summed E-state index contributed by atoms with van der Waals surface area (Å²) in [6.07, 6.45) is 4.85. The molecule has 7 rings (SSSR count). The number of Topliss-reactive ketones (excluding diaryl/α,β-unsaturated/α-hetero) is 2.